The van der Waals surface area contributed by atoms with Gasteiger partial charge in [0.2, 0.25) is 0 Å². The molecule has 20 heavy (non-hydrogen) atoms. The smallest absolute Gasteiger partial charge is 0.308 e. The molecule has 0 saturated heterocycles. The Morgan fingerprint density at radius 3 is 2.85 bits per heavy atom. The minimum absolute atomic E-state index is 0.126. The number of halogens is 1. The van der Waals surface area contributed by atoms with E-state index in [1.165, 1.54) is 12.0 Å². The molecule has 0 aliphatic heterocycles. The van der Waals surface area contributed by atoms with Crippen LogP contribution >= 0.6 is 11.6 Å². The minimum atomic E-state index is -0.637. The third-order valence-electron chi connectivity index (χ3n) is 5.03. The lowest BCUT2D eigenvalue weighted by Crippen LogP contribution is -2.43. The van der Waals surface area contributed by atoms with Gasteiger partial charge < -0.3 is 10.4 Å². The summed E-state index contributed by atoms with van der Waals surface area (Å²) < 4.78 is 0. The Morgan fingerprint density at radius 1 is 1.40 bits per heavy atom. The van der Waals surface area contributed by atoms with E-state index in [2.05, 4.69) is 5.32 Å². The van der Waals surface area contributed by atoms with E-state index in [0.29, 0.717) is 11.8 Å². The van der Waals surface area contributed by atoms with Crippen molar-refractivity contribution in [3.8, 4) is 0 Å². The lowest BCUT2D eigenvalue weighted by atomic mass is 9.84. The number of nitrogens with one attached hydrogen (secondary N) is 1. The highest BCUT2D eigenvalue weighted by atomic mass is 35.5. The molecule has 1 aromatic rings. The van der Waals surface area contributed by atoms with Gasteiger partial charge in [-0.3, -0.25) is 4.79 Å². The van der Waals surface area contributed by atoms with Gasteiger partial charge in [0.1, 0.15) is 0 Å². The molecule has 4 unspecified atom stereocenters. The molecular weight excluding hydrogens is 274 g/mol. The first-order valence-corrected chi connectivity index (χ1v) is 7.65. The second-order valence-corrected chi connectivity index (χ2v) is 6.61. The standard InChI is InChI=1S/C16H20ClNO2/c1-9-6-13(17)5-4-12(9)8-18-15-11-3-2-10(7-11)14(15)16(19)20/h4-6,10-11,14-15,18H,2-3,7-8H2,1H3,(H,19,20). The summed E-state index contributed by atoms with van der Waals surface area (Å²) in [7, 11) is 0. The summed E-state index contributed by atoms with van der Waals surface area (Å²) in [6.45, 7) is 2.76. The van der Waals surface area contributed by atoms with Gasteiger partial charge in [0.15, 0.2) is 0 Å². The van der Waals surface area contributed by atoms with Gasteiger partial charge in [-0.15, -0.1) is 0 Å². The van der Waals surface area contributed by atoms with E-state index >= 15 is 0 Å². The van der Waals surface area contributed by atoms with Gasteiger partial charge in [-0.2, -0.15) is 0 Å². The zero-order valence-corrected chi connectivity index (χ0v) is 12.4. The van der Waals surface area contributed by atoms with Gasteiger partial charge >= 0.3 is 5.97 Å². The largest absolute Gasteiger partial charge is 0.481 e. The topological polar surface area (TPSA) is 49.3 Å². The van der Waals surface area contributed by atoms with Gasteiger partial charge in [-0.1, -0.05) is 17.7 Å². The maximum atomic E-state index is 11.5. The molecule has 108 valence electrons. The van der Waals surface area contributed by atoms with Crippen molar-refractivity contribution in [2.75, 3.05) is 0 Å². The molecule has 0 heterocycles. The molecule has 2 N–H and O–H groups in total. The van der Waals surface area contributed by atoms with E-state index in [1.54, 1.807) is 0 Å². The van der Waals surface area contributed by atoms with Crippen LogP contribution in [0.1, 0.15) is 30.4 Å². The van der Waals surface area contributed by atoms with E-state index < -0.39 is 5.97 Å². The van der Waals surface area contributed by atoms with Crippen molar-refractivity contribution in [3.63, 3.8) is 0 Å². The summed E-state index contributed by atoms with van der Waals surface area (Å²) >= 11 is 5.96. The van der Waals surface area contributed by atoms with E-state index in [-0.39, 0.29) is 12.0 Å². The van der Waals surface area contributed by atoms with Crippen molar-refractivity contribution in [1.29, 1.82) is 0 Å². The summed E-state index contributed by atoms with van der Waals surface area (Å²) in [4.78, 5) is 11.5. The summed E-state index contributed by atoms with van der Waals surface area (Å²) in [6.07, 6.45) is 3.33. The first-order valence-electron chi connectivity index (χ1n) is 7.27. The summed E-state index contributed by atoms with van der Waals surface area (Å²) in [5.74, 6) is 0.0684. The number of carboxylic acid groups (broad SMARTS) is 1. The molecule has 2 saturated carbocycles. The molecule has 3 nitrogen and oxygen atoms in total. The zero-order valence-electron chi connectivity index (χ0n) is 11.6. The molecule has 0 spiro atoms. The molecule has 0 amide bonds. The van der Waals surface area contributed by atoms with Crippen LogP contribution in [0.3, 0.4) is 0 Å². The minimum Gasteiger partial charge on any atom is -0.481 e. The number of aryl methyl sites for hydroxylation is 1. The van der Waals surface area contributed by atoms with Crippen LogP contribution in [0, 0.1) is 24.7 Å². The Balaban J connectivity index is 1.70. The predicted octanol–water partition coefficient (Wildman–Crippen LogP) is 3.24. The third-order valence-corrected chi connectivity index (χ3v) is 5.27. The van der Waals surface area contributed by atoms with Crippen molar-refractivity contribution >= 4 is 17.6 Å². The van der Waals surface area contributed by atoms with Gasteiger partial charge in [0.05, 0.1) is 5.92 Å². The number of rotatable bonds is 4. The summed E-state index contributed by atoms with van der Waals surface area (Å²) in [5, 5.41) is 13.7. The van der Waals surface area contributed by atoms with Gasteiger partial charge in [0, 0.05) is 17.6 Å². The molecule has 2 aliphatic carbocycles. The maximum Gasteiger partial charge on any atom is 0.308 e. The summed E-state index contributed by atoms with van der Waals surface area (Å²) in [5.41, 5.74) is 2.35. The lowest BCUT2D eigenvalue weighted by molar-refractivity contribution is -0.144. The molecule has 0 aromatic heterocycles. The number of hydrogen-bond acceptors (Lipinski definition) is 2. The Morgan fingerprint density at radius 2 is 2.15 bits per heavy atom. The third kappa shape index (κ3) is 2.45. The van der Waals surface area contributed by atoms with Gasteiger partial charge in [0.25, 0.3) is 0 Å². The number of carbonyl (C=O) groups is 1. The molecule has 4 atom stereocenters. The van der Waals surface area contributed by atoms with Crippen molar-refractivity contribution in [2.45, 2.75) is 38.8 Å². The highest BCUT2D eigenvalue weighted by Gasteiger charge is 2.50. The van der Waals surface area contributed by atoms with E-state index in [9.17, 15) is 9.90 Å². The lowest BCUT2D eigenvalue weighted by Gasteiger charge is -2.29. The maximum absolute atomic E-state index is 11.5. The molecular formula is C16H20ClNO2. The first kappa shape index (κ1) is 13.9. The van der Waals surface area contributed by atoms with Crippen molar-refractivity contribution in [2.24, 2.45) is 17.8 Å². The predicted molar refractivity (Wildman–Crippen MR) is 78.8 cm³/mol. The van der Waals surface area contributed by atoms with Gasteiger partial charge in [-0.05, 0) is 61.3 Å². The van der Waals surface area contributed by atoms with Gasteiger partial charge in [-0.25, -0.2) is 0 Å². The molecule has 4 heteroatoms. The van der Waals surface area contributed by atoms with E-state index in [1.807, 2.05) is 25.1 Å². The molecule has 2 aliphatic rings. The molecule has 2 bridgehead atoms. The quantitative estimate of drug-likeness (QED) is 0.896. The fraction of sp³-hybridized carbons (Fsp3) is 0.562. The average Bonchev–Trinajstić information content (AvgIpc) is 2.97. The first-order chi connectivity index (χ1) is 9.56. The molecule has 0 radical (unpaired) electrons. The van der Waals surface area contributed by atoms with E-state index in [0.717, 1.165) is 30.0 Å². The second kappa shape index (κ2) is 5.38. The monoisotopic (exact) mass is 293 g/mol. The summed E-state index contributed by atoms with van der Waals surface area (Å²) in [6, 6.07) is 5.99. The van der Waals surface area contributed by atoms with Crippen LogP contribution in [0.25, 0.3) is 0 Å². The molecule has 1 aromatic carbocycles. The van der Waals surface area contributed by atoms with Crippen LogP contribution in [0.5, 0.6) is 0 Å². The van der Waals surface area contributed by atoms with Crippen LogP contribution < -0.4 is 5.32 Å². The average molecular weight is 294 g/mol. The highest BCUT2D eigenvalue weighted by Crippen LogP contribution is 2.48. The normalized spacial score (nSPS) is 31.7. The van der Waals surface area contributed by atoms with Crippen molar-refractivity contribution < 1.29 is 9.90 Å². The van der Waals surface area contributed by atoms with Crippen LogP contribution in [0.4, 0.5) is 0 Å². The molecule has 2 fully saturated rings. The van der Waals surface area contributed by atoms with Crippen LogP contribution in [0.15, 0.2) is 18.2 Å². The van der Waals surface area contributed by atoms with Crippen molar-refractivity contribution in [1.82, 2.24) is 5.32 Å². The van der Waals surface area contributed by atoms with Crippen LogP contribution in [-0.2, 0) is 11.3 Å². The Hall–Kier alpha value is -1.06. The highest BCUT2D eigenvalue weighted by molar-refractivity contribution is 6.30. The van der Waals surface area contributed by atoms with Crippen LogP contribution in [0.2, 0.25) is 5.02 Å². The SMILES string of the molecule is Cc1cc(Cl)ccc1CNC1C2CCC(C2)C1C(=O)O. The number of fused-ring (bicyclic) bond motifs is 2. The van der Waals surface area contributed by atoms with Crippen molar-refractivity contribution in [3.05, 3.63) is 34.3 Å². The fourth-order valence-electron chi connectivity index (χ4n) is 4.03. The zero-order chi connectivity index (χ0) is 14.3. The Kier molecular flexibility index (Phi) is 3.74. The van der Waals surface area contributed by atoms with Crippen LogP contribution in [-0.4, -0.2) is 17.1 Å². The second-order valence-electron chi connectivity index (χ2n) is 6.17. The fourth-order valence-corrected chi connectivity index (χ4v) is 4.25. The number of hydrogen-bond donors (Lipinski definition) is 2. The number of aliphatic carboxylic acids is 1. The van der Waals surface area contributed by atoms with E-state index in [4.69, 9.17) is 11.6 Å². The number of carboxylic acids is 1. The Labute approximate surface area is 124 Å². The molecule has 3 rings (SSSR count). The Bertz CT molecular complexity index is 531. The number of benzene rings is 1.